The van der Waals surface area contributed by atoms with E-state index in [1.807, 2.05) is 26.2 Å². The fourth-order valence-corrected chi connectivity index (χ4v) is 2.11. The molecule has 18 heavy (non-hydrogen) atoms. The molecule has 2 heterocycles. The molecule has 0 aliphatic rings. The molecule has 1 unspecified atom stereocenters. The molecule has 0 bridgehead atoms. The molecule has 2 aromatic heterocycles. The van der Waals surface area contributed by atoms with Crippen molar-refractivity contribution in [3.8, 4) is 0 Å². The molecule has 94 valence electrons. The van der Waals surface area contributed by atoms with E-state index in [0.717, 1.165) is 23.4 Å². The van der Waals surface area contributed by atoms with E-state index >= 15 is 0 Å². The van der Waals surface area contributed by atoms with E-state index in [0.29, 0.717) is 0 Å². The van der Waals surface area contributed by atoms with Gasteiger partial charge < -0.3 is 5.32 Å². The van der Waals surface area contributed by atoms with Gasteiger partial charge in [-0.3, -0.25) is 4.98 Å². The van der Waals surface area contributed by atoms with E-state index in [9.17, 15) is 0 Å². The number of nitrogens with one attached hydrogen (secondary N) is 1. The first-order valence-corrected chi connectivity index (χ1v) is 6.16. The second kappa shape index (κ2) is 5.69. The van der Waals surface area contributed by atoms with Crippen LogP contribution in [0.4, 0.5) is 0 Å². The average molecular weight is 242 g/mol. The van der Waals surface area contributed by atoms with Gasteiger partial charge in [-0.05, 0) is 43.7 Å². The molecular weight excluding hydrogens is 224 g/mol. The third-order valence-corrected chi connectivity index (χ3v) is 2.98. The quantitative estimate of drug-likeness (QED) is 0.891. The minimum absolute atomic E-state index is 0.114. The van der Waals surface area contributed by atoms with Crippen LogP contribution in [0.15, 0.2) is 30.6 Å². The second-order valence-electron chi connectivity index (χ2n) is 4.25. The van der Waals surface area contributed by atoms with Crippen molar-refractivity contribution in [2.24, 2.45) is 0 Å². The molecule has 1 atom stereocenters. The van der Waals surface area contributed by atoms with Crippen LogP contribution in [0, 0.1) is 6.92 Å². The normalized spacial score (nSPS) is 12.4. The Bertz CT molecular complexity index is 510. The topological polar surface area (TPSA) is 50.7 Å². The summed E-state index contributed by atoms with van der Waals surface area (Å²) in [4.78, 5) is 4.18. The van der Waals surface area contributed by atoms with Gasteiger partial charge in [0.05, 0.1) is 17.4 Å². The molecule has 0 fully saturated rings. The predicted molar refractivity (Wildman–Crippen MR) is 71.3 cm³/mol. The maximum atomic E-state index is 4.28. The molecule has 2 rings (SSSR count). The van der Waals surface area contributed by atoms with Crippen molar-refractivity contribution < 1.29 is 0 Å². The molecule has 0 radical (unpaired) electrons. The maximum Gasteiger partial charge on any atom is 0.0679 e. The van der Waals surface area contributed by atoms with Gasteiger partial charge in [0, 0.05) is 12.4 Å². The number of hydrogen-bond donors (Lipinski definition) is 1. The fraction of sp³-hybridized carbons (Fsp3) is 0.357. The standard InChI is InChI=1S/C14H18N4/c1-4-13-12(8-10(2)17-18-13)14(15-3)11-6-5-7-16-9-11/h5-9,14-15H,4H2,1-3H3. The molecule has 0 amide bonds. The first kappa shape index (κ1) is 12.6. The lowest BCUT2D eigenvalue weighted by Crippen LogP contribution is -2.20. The molecule has 0 saturated heterocycles. The van der Waals surface area contributed by atoms with E-state index < -0.39 is 0 Å². The van der Waals surface area contributed by atoms with Crippen LogP contribution < -0.4 is 5.32 Å². The van der Waals surface area contributed by atoms with Crippen LogP contribution in [0.3, 0.4) is 0 Å². The monoisotopic (exact) mass is 242 g/mol. The molecule has 2 aromatic rings. The van der Waals surface area contributed by atoms with Gasteiger partial charge in [-0.15, -0.1) is 0 Å². The minimum atomic E-state index is 0.114. The van der Waals surface area contributed by atoms with Crippen molar-refractivity contribution in [3.05, 3.63) is 53.1 Å². The third kappa shape index (κ3) is 2.54. The lowest BCUT2D eigenvalue weighted by molar-refractivity contribution is 0.666. The first-order chi connectivity index (χ1) is 8.76. The van der Waals surface area contributed by atoms with Crippen LogP contribution in [0.2, 0.25) is 0 Å². The van der Waals surface area contributed by atoms with Gasteiger partial charge in [0.2, 0.25) is 0 Å². The van der Waals surface area contributed by atoms with Gasteiger partial charge in [-0.25, -0.2) is 0 Å². The number of aryl methyl sites for hydroxylation is 2. The Hall–Kier alpha value is -1.81. The van der Waals surface area contributed by atoms with Crippen LogP contribution >= 0.6 is 0 Å². The molecule has 0 aliphatic carbocycles. The summed E-state index contributed by atoms with van der Waals surface area (Å²) < 4.78 is 0. The summed E-state index contributed by atoms with van der Waals surface area (Å²) in [5.74, 6) is 0. The molecule has 0 saturated carbocycles. The summed E-state index contributed by atoms with van der Waals surface area (Å²) in [5, 5.41) is 11.7. The number of aromatic nitrogens is 3. The summed E-state index contributed by atoms with van der Waals surface area (Å²) in [5.41, 5.74) is 4.29. The number of rotatable bonds is 4. The molecule has 4 heteroatoms. The Balaban J connectivity index is 2.48. The molecular formula is C14H18N4. The highest BCUT2D eigenvalue weighted by Gasteiger charge is 2.16. The lowest BCUT2D eigenvalue weighted by Gasteiger charge is -2.19. The molecule has 0 aromatic carbocycles. The summed E-state index contributed by atoms with van der Waals surface area (Å²) in [6.45, 7) is 4.06. The maximum absolute atomic E-state index is 4.28. The Kier molecular flexibility index (Phi) is 3.99. The summed E-state index contributed by atoms with van der Waals surface area (Å²) >= 11 is 0. The van der Waals surface area contributed by atoms with E-state index in [2.05, 4.69) is 39.6 Å². The lowest BCUT2D eigenvalue weighted by atomic mass is 9.98. The zero-order chi connectivity index (χ0) is 13.0. The van der Waals surface area contributed by atoms with Crippen molar-refractivity contribution in [2.75, 3.05) is 7.05 Å². The fourth-order valence-electron chi connectivity index (χ4n) is 2.11. The van der Waals surface area contributed by atoms with Gasteiger partial charge >= 0.3 is 0 Å². The Morgan fingerprint density at radius 1 is 1.33 bits per heavy atom. The van der Waals surface area contributed by atoms with Crippen molar-refractivity contribution in [1.82, 2.24) is 20.5 Å². The molecule has 0 spiro atoms. The Morgan fingerprint density at radius 2 is 2.17 bits per heavy atom. The average Bonchev–Trinajstić information content (AvgIpc) is 2.41. The summed E-state index contributed by atoms with van der Waals surface area (Å²) in [7, 11) is 1.95. The van der Waals surface area contributed by atoms with Gasteiger partial charge in [0.1, 0.15) is 0 Å². The van der Waals surface area contributed by atoms with Crippen LogP contribution in [0.25, 0.3) is 0 Å². The smallest absolute Gasteiger partial charge is 0.0679 e. The minimum Gasteiger partial charge on any atom is -0.309 e. The largest absolute Gasteiger partial charge is 0.309 e. The molecule has 1 N–H and O–H groups in total. The van der Waals surface area contributed by atoms with E-state index in [4.69, 9.17) is 0 Å². The zero-order valence-corrected chi connectivity index (χ0v) is 11.0. The highest BCUT2D eigenvalue weighted by molar-refractivity contribution is 5.33. The Labute approximate surface area is 107 Å². The zero-order valence-electron chi connectivity index (χ0n) is 11.0. The molecule has 0 aliphatic heterocycles. The third-order valence-electron chi connectivity index (χ3n) is 2.98. The highest BCUT2D eigenvalue weighted by Crippen LogP contribution is 2.23. The van der Waals surface area contributed by atoms with Crippen molar-refractivity contribution in [1.29, 1.82) is 0 Å². The predicted octanol–water partition coefficient (Wildman–Crippen LogP) is 2.05. The van der Waals surface area contributed by atoms with Crippen LogP contribution in [0.1, 0.15) is 35.5 Å². The Morgan fingerprint density at radius 3 is 2.78 bits per heavy atom. The van der Waals surface area contributed by atoms with E-state index in [-0.39, 0.29) is 6.04 Å². The van der Waals surface area contributed by atoms with Crippen LogP contribution in [-0.2, 0) is 6.42 Å². The van der Waals surface area contributed by atoms with Crippen molar-refractivity contribution >= 4 is 0 Å². The number of hydrogen-bond acceptors (Lipinski definition) is 4. The van der Waals surface area contributed by atoms with Crippen LogP contribution in [0.5, 0.6) is 0 Å². The molecule has 4 nitrogen and oxygen atoms in total. The van der Waals surface area contributed by atoms with Crippen LogP contribution in [-0.4, -0.2) is 22.2 Å². The highest BCUT2D eigenvalue weighted by atomic mass is 15.1. The summed E-state index contributed by atoms with van der Waals surface area (Å²) in [6, 6.07) is 6.23. The second-order valence-corrected chi connectivity index (χ2v) is 4.25. The number of pyridine rings is 1. The van der Waals surface area contributed by atoms with E-state index in [1.165, 1.54) is 5.56 Å². The van der Waals surface area contributed by atoms with Crippen molar-refractivity contribution in [2.45, 2.75) is 26.3 Å². The van der Waals surface area contributed by atoms with Gasteiger partial charge in [-0.1, -0.05) is 13.0 Å². The van der Waals surface area contributed by atoms with Gasteiger partial charge in [0.25, 0.3) is 0 Å². The van der Waals surface area contributed by atoms with Gasteiger partial charge in [0.15, 0.2) is 0 Å². The van der Waals surface area contributed by atoms with E-state index in [1.54, 1.807) is 6.20 Å². The first-order valence-electron chi connectivity index (χ1n) is 6.16. The summed E-state index contributed by atoms with van der Waals surface area (Å²) in [6.07, 6.45) is 4.55. The van der Waals surface area contributed by atoms with Gasteiger partial charge in [-0.2, -0.15) is 10.2 Å². The number of nitrogens with zero attached hydrogens (tertiary/aromatic N) is 3. The SMILES string of the molecule is CCc1nnc(C)cc1C(NC)c1cccnc1. The van der Waals surface area contributed by atoms with Crippen molar-refractivity contribution in [3.63, 3.8) is 0 Å².